The third kappa shape index (κ3) is 1.88. The van der Waals surface area contributed by atoms with Crippen molar-refractivity contribution in [3.05, 3.63) is 18.4 Å². The fourth-order valence-electron chi connectivity index (χ4n) is 1.32. The van der Waals surface area contributed by atoms with Crippen LogP contribution in [0.3, 0.4) is 0 Å². The van der Waals surface area contributed by atoms with Gasteiger partial charge in [0, 0.05) is 5.92 Å². The van der Waals surface area contributed by atoms with Crippen molar-refractivity contribution in [1.82, 2.24) is 10.3 Å². The molecule has 1 amide bonds. The van der Waals surface area contributed by atoms with Crippen LogP contribution >= 0.6 is 0 Å². The van der Waals surface area contributed by atoms with E-state index in [9.17, 15) is 4.79 Å². The number of rotatable bonds is 3. The van der Waals surface area contributed by atoms with E-state index in [2.05, 4.69) is 17.2 Å². The van der Waals surface area contributed by atoms with Crippen LogP contribution in [0.5, 0.6) is 0 Å². The molecule has 1 aliphatic rings. The molecule has 0 bridgehead atoms. The highest BCUT2D eigenvalue weighted by atomic mass is 16.3. The third-order valence-electron chi connectivity index (χ3n) is 2.37. The maximum atomic E-state index is 11.3. The first kappa shape index (κ1) is 8.29. The van der Waals surface area contributed by atoms with Gasteiger partial charge in [0.1, 0.15) is 6.26 Å². The van der Waals surface area contributed by atoms with Crippen LogP contribution in [0.25, 0.3) is 0 Å². The lowest BCUT2D eigenvalue weighted by molar-refractivity contribution is -0.122. The Morgan fingerprint density at radius 2 is 2.62 bits per heavy atom. The summed E-state index contributed by atoms with van der Waals surface area (Å²) in [5.74, 6) is 0.916. The molecule has 2 unspecified atom stereocenters. The number of oxazole rings is 1. The van der Waals surface area contributed by atoms with Gasteiger partial charge in [0.05, 0.1) is 12.2 Å². The normalized spacial score (nSPS) is 25.6. The minimum atomic E-state index is 0.135. The molecule has 1 aromatic rings. The second-order valence-corrected chi connectivity index (χ2v) is 3.52. The van der Waals surface area contributed by atoms with Gasteiger partial charge in [0.25, 0.3) is 0 Å². The second kappa shape index (κ2) is 3.20. The van der Waals surface area contributed by atoms with Gasteiger partial charge in [-0.2, -0.15) is 0 Å². The molecule has 0 spiro atoms. The quantitative estimate of drug-likeness (QED) is 0.753. The van der Waals surface area contributed by atoms with Gasteiger partial charge in [0.15, 0.2) is 6.39 Å². The van der Waals surface area contributed by atoms with E-state index in [1.807, 2.05) is 0 Å². The van der Waals surface area contributed by atoms with Crippen molar-refractivity contribution in [2.45, 2.75) is 19.9 Å². The van der Waals surface area contributed by atoms with Crippen molar-refractivity contribution in [1.29, 1.82) is 0 Å². The van der Waals surface area contributed by atoms with Gasteiger partial charge >= 0.3 is 0 Å². The standard InChI is InChI=1S/C9H12N2O2/c1-6-2-8(6)9(12)10-3-7-4-13-5-11-7/h4-6,8H,2-3H2,1H3,(H,10,12). The first-order valence-corrected chi connectivity index (χ1v) is 4.42. The first-order valence-electron chi connectivity index (χ1n) is 4.42. The summed E-state index contributed by atoms with van der Waals surface area (Å²) in [6.45, 7) is 2.55. The van der Waals surface area contributed by atoms with Gasteiger partial charge in [0.2, 0.25) is 5.91 Å². The number of hydrogen-bond donors (Lipinski definition) is 1. The van der Waals surface area contributed by atoms with Crippen LogP contribution in [-0.4, -0.2) is 10.9 Å². The van der Waals surface area contributed by atoms with Crippen LogP contribution in [0.2, 0.25) is 0 Å². The van der Waals surface area contributed by atoms with E-state index in [1.54, 1.807) is 0 Å². The second-order valence-electron chi connectivity index (χ2n) is 3.52. The molecule has 0 saturated heterocycles. The number of carbonyl (C=O) groups excluding carboxylic acids is 1. The summed E-state index contributed by atoms with van der Waals surface area (Å²) < 4.78 is 4.78. The molecule has 1 aliphatic carbocycles. The van der Waals surface area contributed by atoms with Gasteiger partial charge in [-0.15, -0.1) is 0 Å². The Morgan fingerprint density at radius 3 is 3.15 bits per heavy atom. The van der Waals surface area contributed by atoms with Crippen molar-refractivity contribution in [3.63, 3.8) is 0 Å². The highest BCUT2D eigenvalue weighted by Gasteiger charge is 2.38. The Labute approximate surface area is 76.3 Å². The molecule has 70 valence electrons. The van der Waals surface area contributed by atoms with Crippen molar-refractivity contribution < 1.29 is 9.21 Å². The lowest BCUT2D eigenvalue weighted by Crippen LogP contribution is -2.24. The number of aromatic nitrogens is 1. The van der Waals surface area contributed by atoms with Crippen molar-refractivity contribution in [2.24, 2.45) is 11.8 Å². The summed E-state index contributed by atoms with van der Waals surface area (Å²) >= 11 is 0. The molecule has 4 nitrogen and oxygen atoms in total. The minimum Gasteiger partial charge on any atom is -0.451 e. The lowest BCUT2D eigenvalue weighted by Gasteiger charge is -2.00. The molecule has 4 heteroatoms. The maximum absolute atomic E-state index is 11.3. The minimum absolute atomic E-state index is 0.135. The Kier molecular flexibility index (Phi) is 2.04. The van der Waals surface area contributed by atoms with E-state index in [4.69, 9.17) is 4.42 Å². The third-order valence-corrected chi connectivity index (χ3v) is 2.37. The Morgan fingerprint density at radius 1 is 1.85 bits per heavy atom. The fraction of sp³-hybridized carbons (Fsp3) is 0.556. The topological polar surface area (TPSA) is 55.1 Å². The van der Waals surface area contributed by atoms with E-state index in [0.717, 1.165) is 12.1 Å². The van der Waals surface area contributed by atoms with E-state index < -0.39 is 0 Å². The molecule has 1 aromatic heterocycles. The lowest BCUT2D eigenvalue weighted by atomic mass is 10.3. The van der Waals surface area contributed by atoms with Gasteiger partial charge in [-0.05, 0) is 12.3 Å². The Hall–Kier alpha value is -1.32. The smallest absolute Gasteiger partial charge is 0.223 e. The SMILES string of the molecule is CC1CC1C(=O)NCc1cocn1. The maximum Gasteiger partial charge on any atom is 0.223 e. The number of nitrogens with zero attached hydrogens (tertiary/aromatic N) is 1. The van der Waals surface area contributed by atoms with E-state index in [1.165, 1.54) is 12.7 Å². The van der Waals surface area contributed by atoms with Gasteiger partial charge in [-0.25, -0.2) is 4.98 Å². The molecule has 0 aromatic carbocycles. The molecule has 1 heterocycles. The zero-order valence-electron chi connectivity index (χ0n) is 7.49. The van der Waals surface area contributed by atoms with Crippen molar-refractivity contribution in [2.75, 3.05) is 0 Å². The fourth-order valence-corrected chi connectivity index (χ4v) is 1.32. The van der Waals surface area contributed by atoms with Crippen molar-refractivity contribution >= 4 is 5.91 Å². The monoisotopic (exact) mass is 180 g/mol. The Balaban J connectivity index is 1.77. The molecular weight excluding hydrogens is 168 g/mol. The number of hydrogen-bond acceptors (Lipinski definition) is 3. The van der Waals surface area contributed by atoms with Crippen LogP contribution in [0, 0.1) is 11.8 Å². The number of nitrogens with one attached hydrogen (secondary N) is 1. The van der Waals surface area contributed by atoms with Crippen LogP contribution < -0.4 is 5.32 Å². The van der Waals surface area contributed by atoms with Crippen LogP contribution in [0.4, 0.5) is 0 Å². The zero-order valence-corrected chi connectivity index (χ0v) is 7.49. The molecule has 1 fully saturated rings. The molecule has 1 N–H and O–H groups in total. The van der Waals surface area contributed by atoms with E-state index >= 15 is 0 Å². The summed E-state index contributed by atoms with van der Waals surface area (Å²) in [5, 5.41) is 2.82. The average Bonchev–Trinajstić information content (AvgIpc) is 2.68. The zero-order chi connectivity index (χ0) is 9.26. The highest BCUT2D eigenvalue weighted by Crippen LogP contribution is 2.37. The molecule has 0 aliphatic heterocycles. The molecule has 0 radical (unpaired) electrons. The summed E-state index contributed by atoms with van der Waals surface area (Å²) in [5.41, 5.74) is 0.765. The predicted octanol–water partition coefficient (Wildman–Crippen LogP) is 0.947. The van der Waals surface area contributed by atoms with Crippen molar-refractivity contribution in [3.8, 4) is 0 Å². The molecule has 13 heavy (non-hydrogen) atoms. The number of carbonyl (C=O) groups is 1. The predicted molar refractivity (Wildman–Crippen MR) is 45.6 cm³/mol. The number of amides is 1. The average molecular weight is 180 g/mol. The van der Waals surface area contributed by atoms with Gasteiger partial charge in [-0.3, -0.25) is 4.79 Å². The molecule has 1 saturated carbocycles. The van der Waals surface area contributed by atoms with Crippen LogP contribution in [-0.2, 0) is 11.3 Å². The first-order chi connectivity index (χ1) is 6.27. The van der Waals surface area contributed by atoms with Gasteiger partial charge < -0.3 is 9.73 Å². The van der Waals surface area contributed by atoms with Gasteiger partial charge in [-0.1, -0.05) is 6.92 Å². The summed E-state index contributed by atoms with van der Waals surface area (Å²) in [7, 11) is 0. The molecule has 2 atom stereocenters. The Bertz CT molecular complexity index is 295. The van der Waals surface area contributed by atoms with Crippen LogP contribution in [0.1, 0.15) is 19.0 Å². The largest absolute Gasteiger partial charge is 0.451 e. The summed E-state index contributed by atoms with van der Waals surface area (Å²) in [6, 6.07) is 0. The summed E-state index contributed by atoms with van der Waals surface area (Å²) in [6.07, 6.45) is 3.92. The van der Waals surface area contributed by atoms with Crippen LogP contribution in [0.15, 0.2) is 17.1 Å². The molecular formula is C9H12N2O2. The summed E-state index contributed by atoms with van der Waals surface area (Å²) in [4.78, 5) is 15.2. The highest BCUT2D eigenvalue weighted by molar-refractivity contribution is 5.81. The molecule has 2 rings (SSSR count). The van der Waals surface area contributed by atoms with E-state index in [0.29, 0.717) is 12.5 Å². The van der Waals surface area contributed by atoms with E-state index in [-0.39, 0.29) is 11.8 Å².